The maximum atomic E-state index is 13.5. The van der Waals surface area contributed by atoms with E-state index in [0.29, 0.717) is 5.56 Å². The number of aryl methyl sites for hydroxylation is 1. The lowest BCUT2D eigenvalue weighted by atomic mass is 10.1. The fraction of sp³-hybridized carbons (Fsp3) is 0.0714. The number of carbonyl (C=O) groups is 1. The van der Waals surface area contributed by atoms with Gasteiger partial charge in [-0.3, -0.25) is 4.79 Å². The molecule has 0 unspecified atom stereocenters. The van der Waals surface area contributed by atoms with Gasteiger partial charge in [0.1, 0.15) is 5.82 Å². The maximum absolute atomic E-state index is 13.5. The minimum atomic E-state index is -1.13. The van der Waals surface area contributed by atoms with E-state index in [0.717, 1.165) is 18.2 Å². The number of hydrogen-bond acceptors (Lipinski definition) is 1. The number of carbonyl (C=O) groups excluding carboxylic acids is 1. The van der Waals surface area contributed by atoms with Crippen molar-refractivity contribution in [3.8, 4) is 0 Å². The van der Waals surface area contributed by atoms with Crippen molar-refractivity contribution in [2.24, 2.45) is 0 Å². The molecule has 0 saturated carbocycles. The predicted octanol–water partition coefficient (Wildman–Crippen LogP) is 3.66. The quantitative estimate of drug-likeness (QED) is 0.882. The molecule has 2 nitrogen and oxygen atoms in total. The molecule has 2 rings (SSSR count). The molecule has 0 saturated heterocycles. The topological polar surface area (TPSA) is 29.1 Å². The normalized spacial score (nSPS) is 10.3. The molecule has 0 atom stereocenters. The Labute approximate surface area is 107 Å². The molecular formula is C14H10F3NO. The molecular weight excluding hydrogens is 255 g/mol. The zero-order valence-corrected chi connectivity index (χ0v) is 10.0. The standard InChI is InChI=1S/C14H10F3NO/c1-8-2-5-13(12(17)6-8)18-14(19)9-3-4-10(15)11(16)7-9/h2-7H,1H3,(H,18,19). The lowest BCUT2D eigenvalue weighted by Crippen LogP contribution is -2.13. The summed E-state index contributed by atoms with van der Waals surface area (Å²) < 4.78 is 39.2. The lowest BCUT2D eigenvalue weighted by molar-refractivity contribution is 0.102. The Morgan fingerprint density at radius 2 is 1.68 bits per heavy atom. The van der Waals surface area contributed by atoms with Crippen LogP contribution in [-0.2, 0) is 0 Å². The van der Waals surface area contributed by atoms with Crippen LogP contribution in [0, 0.1) is 24.4 Å². The first kappa shape index (κ1) is 13.1. The first-order valence-electron chi connectivity index (χ1n) is 5.50. The van der Waals surface area contributed by atoms with Crippen LogP contribution in [0.2, 0.25) is 0 Å². The summed E-state index contributed by atoms with van der Waals surface area (Å²) in [5.74, 6) is -3.47. The third kappa shape index (κ3) is 2.93. The van der Waals surface area contributed by atoms with Gasteiger partial charge in [-0.2, -0.15) is 0 Å². The Bertz CT molecular complexity index is 641. The monoisotopic (exact) mass is 265 g/mol. The molecule has 0 aliphatic heterocycles. The summed E-state index contributed by atoms with van der Waals surface area (Å²) in [5, 5.41) is 2.30. The van der Waals surface area contributed by atoms with Crippen molar-refractivity contribution in [3.05, 3.63) is 65.0 Å². The molecule has 19 heavy (non-hydrogen) atoms. The van der Waals surface area contributed by atoms with E-state index < -0.39 is 23.4 Å². The summed E-state index contributed by atoms with van der Waals surface area (Å²) in [6, 6.07) is 7.03. The zero-order chi connectivity index (χ0) is 14.0. The van der Waals surface area contributed by atoms with Crippen LogP contribution in [0.5, 0.6) is 0 Å². The summed E-state index contributed by atoms with van der Waals surface area (Å²) in [6.07, 6.45) is 0. The van der Waals surface area contributed by atoms with Gasteiger partial charge < -0.3 is 5.32 Å². The molecule has 2 aromatic rings. The fourth-order valence-electron chi connectivity index (χ4n) is 1.55. The van der Waals surface area contributed by atoms with Gasteiger partial charge in [-0.05, 0) is 42.8 Å². The van der Waals surface area contributed by atoms with Crippen molar-refractivity contribution in [1.29, 1.82) is 0 Å². The van der Waals surface area contributed by atoms with E-state index in [2.05, 4.69) is 5.32 Å². The van der Waals surface area contributed by atoms with Crippen molar-refractivity contribution in [1.82, 2.24) is 0 Å². The second kappa shape index (κ2) is 5.14. The molecule has 1 amide bonds. The van der Waals surface area contributed by atoms with Gasteiger partial charge in [0, 0.05) is 5.56 Å². The smallest absolute Gasteiger partial charge is 0.255 e. The number of benzene rings is 2. The average Bonchev–Trinajstić information content (AvgIpc) is 2.36. The van der Waals surface area contributed by atoms with E-state index >= 15 is 0 Å². The van der Waals surface area contributed by atoms with Gasteiger partial charge in [-0.1, -0.05) is 6.07 Å². The van der Waals surface area contributed by atoms with Crippen molar-refractivity contribution < 1.29 is 18.0 Å². The van der Waals surface area contributed by atoms with E-state index in [1.54, 1.807) is 13.0 Å². The summed E-state index contributed by atoms with van der Waals surface area (Å²) in [6.45, 7) is 1.71. The summed E-state index contributed by atoms with van der Waals surface area (Å²) in [4.78, 5) is 11.7. The predicted molar refractivity (Wildman–Crippen MR) is 65.4 cm³/mol. The van der Waals surface area contributed by atoms with E-state index in [1.807, 2.05) is 0 Å². The van der Waals surface area contributed by atoms with Gasteiger partial charge in [0.05, 0.1) is 5.69 Å². The van der Waals surface area contributed by atoms with Crippen molar-refractivity contribution in [2.75, 3.05) is 5.32 Å². The van der Waals surface area contributed by atoms with Gasteiger partial charge in [0.25, 0.3) is 5.91 Å². The molecule has 0 aliphatic rings. The first-order valence-corrected chi connectivity index (χ1v) is 5.50. The van der Waals surface area contributed by atoms with E-state index in [4.69, 9.17) is 0 Å². The summed E-state index contributed by atoms with van der Waals surface area (Å²) in [5.41, 5.74) is 0.613. The summed E-state index contributed by atoms with van der Waals surface area (Å²) >= 11 is 0. The molecule has 0 radical (unpaired) electrons. The molecule has 98 valence electrons. The Hall–Kier alpha value is -2.30. The molecule has 0 fully saturated rings. The molecule has 1 N–H and O–H groups in total. The number of amides is 1. The Kier molecular flexibility index (Phi) is 3.55. The van der Waals surface area contributed by atoms with Gasteiger partial charge in [0.15, 0.2) is 11.6 Å². The minimum Gasteiger partial charge on any atom is -0.319 e. The zero-order valence-electron chi connectivity index (χ0n) is 10.0. The highest BCUT2D eigenvalue weighted by Crippen LogP contribution is 2.17. The third-order valence-electron chi connectivity index (χ3n) is 2.55. The molecule has 2 aromatic carbocycles. The molecule has 0 aromatic heterocycles. The van der Waals surface area contributed by atoms with Gasteiger partial charge in [-0.15, -0.1) is 0 Å². The van der Waals surface area contributed by atoms with Crippen LogP contribution in [-0.4, -0.2) is 5.91 Å². The van der Waals surface area contributed by atoms with E-state index in [1.165, 1.54) is 12.1 Å². The maximum Gasteiger partial charge on any atom is 0.255 e. The largest absolute Gasteiger partial charge is 0.319 e. The number of hydrogen-bond donors (Lipinski definition) is 1. The van der Waals surface area contributed by atoms with Crippen LogP contribution in [0.25, 0.3) is 0 Å². The average molecular weight is 265 g/mol. The van der Waals surface area contributed by atoms with Crippen LogP contribution >= 0.6 is 0 Å². The van der Waals surface area contributed by atoms with Crippen molar-refractivity contribution in [2.45, 2.75) is 6.92 Å². The molecule has 0 heterocycles. The highest BCUT2D eigenvalue weighted by Gasteiger charge is 2.12. The number of halogens is 3. The Morgan fingerprint density at radius 3 is 2.32 bits per heavy atom. The van der Waals surface area contributed by atoms with E-state index in [9.17, 15) is 18.0 Å². The Balaban J connectivity index is 2.23. The van der Waals surface area contributed by atoms with Crippen LogP contribution in [0.1, 0.15) is 15.9 Å². The fourth-order valence-corrected chi connectivity index (χ4v) is 1.55. The number of rotatable bonds is 2. The summed E-state index contributed by atoms with van der Waals surface area (Å²) in [7, 11) is 0. The molecule has 0 spiro atoms. The molecule has 0 aliphatic carbocycles. The van der Waals surface area contributed by atoms with Gasteiger partial charge in [-0.25, -0.2) is 13.2 Å². The first-order chi connectivity index (χ1) is 8.97. The minimum absolute atomic E-state index is 0.0136. The van der Waals surface area contributed by atoms with Crippen LogP contribution in [0.3, 0.4) is 0 Å². The second-order valence-corrected chi connectivity index (χ2v) is 4.07. The lowest BCUT2D eigenvalue weighted by Gasteiger charge is -2.07. The van der Waals surface area contributed by atoms with Gasteiger partial charge in [0.2, 0.25) is 0 Å². The SMILES string of the molecule is Cc1ccc(NC(=O)c2ccc(F)c(F)c2)c(F)c1. The number of anilines is 1. The van der Waals surface area contributed by atoms with Gasteiger partial charge >= 0.3 is 0 Å². The van der Waals surface area contributed by atoms with Crippen molar-refractivity contribution in [3.63, 3.8) is 0 Å². The van der Waals surface area contributed by atoms with Crippen molar-refractivity contribution >= 4 is 11.6 Å². The molecule has 0 bridgehead atoms. The third-order valence-corrected chi connectivity index (χ3v) is 2.55. The Morgan fingerprint density at radius 1 is 0.947 bits per heavy atom. The van der Waals surface area contributed by atoms with Crippen LogP contribution < -0.4 is 5.32 Å². The number of nitrogens with one attached hydrogen (secondary N) is 1. The van der Waals surface area contributed by atoms with E-state index in [-0.39, 0.29) is 11.3 Å². The highest BCUT2D eigenvalue weighted by molar-refractivity contribution is 6.04. The highest BCUT2D eigenvalue weighted by atomic mass is 19.2. The second-order valence-electron chi connectivity index (χ2n) is 4.07. The van der Waals surface area contributed by atoms with Crippen LogP contribution in [0.15, 0.2) is 36.4 Å². The molecule has 5 heteroatoms. The van der Waals surface area contributed by atoms with Crippen LogP contribution in [0.4, 0.5) is 18.9 Å².